The van der Waals surface area contributed by atoms with Gasteiger partial charge in [-0.15, -0.1) is 0 Å². The molecular formula is C21H24BN7O. The quantitative estimate of drug-likeness (QED) is 0.524. The van der Waals surface area contributed by atoms with E-state index in [1.807, 2.05) is 19.1 Å². The van der Waals surface area contributed by atoms with Crippen molar-refractivity contribution in [3.63, 3.8) is 0 Å². The molecule has 9 heteroatoms. The first-order valence-electron chi connectivity index (χ1n) is 10.3. The first-order valence-corrected chi connectivity index (χ1v) is 10.3. The highest BCUT2D eigenvalue weighted by molar-refractivity contribution is 6.32. The molecule has 3 heterocycles. The minimum Gasteiger partial charge on any atom is -0.390 e. The second-order valence-corrected chi connectivity index (χ2v) is 8.05. The van der Waals surface area contributed by atoms with Crippen molar-refractivity contribution in [2.24, 2.45) is 5.16 Å². The zero-order chi connectivity index (χ0) is 20.5. The summed E-state index contributed by atoms with van der Waals surface area (Å²) in [5, 5.41) is 18.2. The van der Waals surface area contributed by atoms with Gasteiger partial charge in [0.1, 0.15) is 19.8 Å². The Morgan fingerprint density at radius 3 is 2.90 bits per heavy atom. The summed E-state index contributed by atoms with van der Waals surface area (Å²) in [7, 11) is 2.08. The first kappa shape index (κ1) is 18.7. The minimum absolute atomic E-state index is 0.0477. The van der Waals surface area contributed by atoms with E-state index >= 15 is 0 Å². The Labute approximate surface area is 176 Å². The molecule has 1 aromatic carbocycles. The molecular weight excluding hydrogens is 377 g/mol. The molecule has 3 aromatic rings. The molecule has 0 bridgehead atoms. The number of H-pyrrole nitrogens is 1. The van der Waals surface area contributed by atoms with Gasteiger partial charge in [-0.2, -0.15) is 10.1 Å². The van der Waals surface area contributed by atoms with E-state index in [0.717, 1.165) is 29.2 Å². The van der Waals surface area contributed by atoms with Gasteiger partial charge in [0.05, 0.1) is 12.3 Å². The number of hydrogen-bond donors (Lipinski definition) is 3. The summed E-state index contributed by atoms with van der Waals surface area (Å²) in [4.78, 5) is 14.7. The van der Waals surface area contributed by atoms with Crippen LogP contribution < -0.4 is 16.1 Å². The van der Waals surface area contributed by atoms with Crippen molar-refractivity contribution in [1.82, 2.24) is 20.2 Å². The molecule has 0 spiro atoms. The Hall–Kier alpha value is -3.36. The summed E-state index contributed by atoms with van der Waals surface area (Å²) in [6.45, 7) is 2.53. The van der Waals surface area contributed by atoms with Crippen molar-refractivity contribution in [3.8, 4) is 0 Å². The van der Waals surface area contributed by atoms with Gasteiger partial charge in [-0.1, -0.05) is 34.9 Å². The average molecular weight is 401 g/mol. The maximum Gasteiger partial charge on any atom is 0.224 e. The van der Waals surface area contributed by atoms with Crippen molar-refractivity contribution in [1.29, 1.82) is 0 Å². The number of aryl methyl sites for hydroxylation is 1. The SMILES string of the molecule is Bc1cccc(C2=NOC(CNc3nc(C)cc(Nc4cc(C5CC5)[nH]n4)n3)C2)c1. The molecule has 152 valence electrons. The van der Waals surface area contributed by atoms with E-state index in [-0.39, 0.29) is 6.10 Å². The molecule has 2 aromatic heterocycles. The Morgan fingerprint density at radius 2 is 2.07 bits per heavy atom. The van der Waals surface area contributed by atoms with Crippen LogP contribution in [0.3, 0.4) is 0 Å². The molecule has 30 heavy (non-hydrogen) atoms. The van der Waals surface area contributed by atoms with Crippen LogP contribution >= 0.6 is 0 Å². The third kappa shape index (κ3) is 4.29. The van der Waals surface area contributed by atoms with Crippen molar-refractivity contribution in [2.75, 3.05) is 17.2 Å². The second kappa shape index (κ2) is 7.81. The predicted octanol–water partition coefficient (Wildman–Crippen LogP) is 1.99. The van der Waals surface area contributed by atoms with Crippen LogP contribution in [-0.2, 0) is 4.84 Å². The van der Waals surface area contributed by atoms with E-state index in [9.17, 15) is 0 Å². The Balaban J connectivity index is 1.19. The second-order valence-electron chi connectivity index (χ2n) is 8.05. The molecule has 0 saturated heterocycles. The lowest BCUT2D eigenvalue weighted by molar-refractivity contribution is 0.0948. The van der Waals surface area contributed by atoms with Crippen LogP contribution in [-0.4, -0.2) is 46.4 Å². The van der Waals surface area contributed by atoms with Gasteiger partial charge in [-0.05, 0) is 25.3 Å². The van der Waals surface area contributed by atoms with Crippen LogP contribution in [0.25, 0.3) is 0 Å². The van der Waals surface area contributed by atoms with E-state index in [1.165, 1.54) is 24.0 Å². The number of nitrogens with zero attached hydrogens (tertiary/aromatic N) is 4. The Bertz CT molecular complexity index is 1090. The van der Waals surface area contributed by atoms with Crippen molar-refractivity contribution in [2.45, 2.75) is 38.2 Å². The molecule has 1 aliphatic carbocycles. The third-order valence-corrected chi connectivity index (χ3v) is 5.30. The zero-order valence-electron chi connectivity index (χ0n) is 17.1. The summed E-state index contributed by atoms with van der Waals surface area (Å²) in [6, 6.07) is 12.3. The van der Waals surface area contributed by atoms with Gasteiger partial charge in [0.25, 0.3) is 0 Å². The van der Waals surface area contributed by atoms with E-state index in [2.05, 4.69) is 68.1 Å². The van der Waals surface area contributed by atoms with Gasteiger partial charge < -0.3 is 15.5 Å². The predicted molar refractivity (Wildman–Crippen MR) is 120 cm³/mol. The highest BCUT2D eigenvalue weighted by Gasteiger charge is 2.25. The van der Waals surface area contributed by atoms with Crippen molar-refractivity contribution >= 4 is 36.6 Å². The van der Waals surface area contributed by atoms with Crippen LogP contribution in [0.4, 0.5) is 17.6 Å². The topological polar surface area (TPSA) is 100 Å². The lowest BCUT2D eigenvalue weighted by atomic mass is 9.92. The number of aromatic amines is 1. The highest BCUT2D eigenvalue weighted by Crippen LogP contribution is 2.39. The lowest BCUT2D eigenvalue weighted by Crippen LogP contribution is -2.21. The standard InChI is InChI=1S/C21H24BN7O/c1-12-7-19(25-20-10-17(27-28-20)13-5-6-13)26-21(24-12)23-11-16-9-18(29-30-16)14-3-2-4-15(22)8-14/h2-4,7-8,10,13,16H,5-6,9,11,22H2,1H3,(H3,23,24,25,26,27,28). The van der Waals surface area contributed by atoms with Gasteiger partial charge in [-0.3, -0.25) is 5.10 Å². The van der Waals surface area contributed by atoms with Gasteiger partial charge in [0, 0.05) is 35.9 Å². The fourth-order valence-corrected chi connectivity index (χ4v) is 3.59. The monoisotopic (exact) mass is 401 g/mol. The summed E-state index contributed by atoms with van der Waals surface area (Å²) in [5.41, 5.74) is 5.36. The van der Waals surface area contributed by atoms with Gasteiger partial charge in [-0.25, -0.2) is 4.98 Å². The molecule has 1 unspecified atom stereocenters. The van der Waals surface area contributed by atoms with E-state index in [1.54, 1.807) is 0 Å². The van der Waals surface area contributed by atoms with Crippen LogP contribution in [0.2, 0.25) is 0 Å². The fraction of sp³-hybridized carbons (Fsp3) is 0.333. The molecule has 1 saturated carbocycles. The smallest absolute Gasteiger partial charge is 0.224 e. The number of aromatic nitrogens is 4. The lowest BCUT2D eigenvalue weighted by Gasteiger charge is -2.11. The molecule has 1 aliphatic heterocycles. The van der Waals surface area contributed by atoms with Gasteiger partial charge in [0.15, 0.2) is 5.82 Å². The normalized spacial score (nSPS) is 18.0. The number of anilines is 3. The van der Waals surface area contributed by atoms with E-state index < -0.39 is 0 Å². The van der Waals surface area contributed by atoms with E-state index in [0.29, 0.717) is 24.2 Å². The minimum atomic E-state index is -0.0477. The number of hydrogen-bond acceptors (Lipinski definition) is 7. The van der Waals surface area contributed by atoms with Gasteiger partial charge >= 0.3 is 0 Å². The third-order valence-electron chi connectivity index (χ3n) is 5.30. The molecule has 0 radical (unpaired) electrons. The maximum atomic E-state index is 5.61. The first-order chi connectivity index (χ1) is 14.6. The summed E-state index contributed by atoms with van der Waals surface area (Å²) < 4.78 is 0. The van der Waals surface area contributed by atoms with Crippen LogP contribution in [0.5, 0.6) is 0 Å². The molecule has 5 rings (SSSR count). The highest BCUT2D eigenvalue weighted by atomic mass is 16.6. The molecule has 1 atom stereocenters. The molecule has 3 N–H and O–H groups in total. The van der Waals surface area contributed by atoms with Crippen molar-refractivity contribution < 1.29 is 4.84 Å². The van der Waals surface area contributed by atoms with Crippen molar-refractivity contribution in [3.05, 3.63) is 53.3 Å². The van der Waals surface area contributed by atoms with Crippen LogP contribution in [0, 0.1) is 6.92 Å². The summed E-state index contributed by atoms with van der Waals surface area (Å²) in [6.07, 6.45) is 3.18. The van der Waals surface area contributed by atoms with Crippen LogP contribution in [0.15, 0.2) is 41.6 Å². The maximum absolute atomic E-state index is 5.61. The molecule has 8 nitrogen and oxygen atoms in total. The average Bonchev–Trinajstić information content (AvgIpc) is 3.28. The van der Waals surface area contributed by atoms with Gasteiger partial charge in [0.2, 0.25) is 5.95 Å². The fourth-order valence-electron chi connectivity index (χ4n) is 3.59. The number of rotatable bonds is 7. The molecule has 2 aliphatic rings. The number of benzene rings is 1. The number of nitrogens with one attached hydrogen (secondary N) is 3. The number of oxime groups is 1. The van der Waals surface area contributed by atoms with Crippen LogP contribution in [0.1, 0.15) is 42.1 Å². The Kier molecular flexibility index (Phi) is 4.86. The largest absolute Gasteiger partial charge is 0.390 e. The molecule has 0 amide bonds. The van der Waals surface area contributed by atoms with E-state index in [4.69, 9.17) is 4.84 Å². The summed E-state index contributed by atoms with van der Waals surface area (Å²) in [5.74, 6) is 2.68. The summed E-state index contributed by atoms with van der Waals surface area (Å²) >= 11 is 0. The Morgan fingerprint density at radius 1 is 1.17 bits per heavy atom. The molecule has 1 fully saturated rings. The zero-order valence-corrected chi connectivity index (χ0v) is 17.1.